The zero-order chi connectivity index (χ0) is 7.76. The maximum absolute atomic E-state index is 3.59. The molecule has 0 aromatic rings. The van der Waals surface area contributed by atoms with Gasteiger partial charge in [-0.15, -0.1) is 0 Å². The molecule has 1 saturated heterocycles. The quantitative estimate of drug-likeness (QED) is 0.572. The summed E-state index contributed by atoms with van der Waals surface area (Å²) in [6, 6.07) is 0. The first-order valence-corrected chi connectivity index (χ1v) is 5.62. The van der Waals surface area contributed by atoms with Gasteiger partial charge in [-0.3, -0.25) is 0 Å². The summed E-state index contributed by atoms with van der Waals surface area (Å²) in [7, 11) is 0. The van der Waals surface area contributed by atoms with Gasteiger partial charge in [0.1, 0.15) is 0 Å². The van der Waals surface area contributed by atoms with E-state index in [4.69, 9.17) is 0 Å². The van der Waals surface area contributed by atoms with Gasteiger partial charge in [0, 0.05) is 0 Å². The Morgan fingerprint density at radius 1 is 0.917 bits per heavy atom. The molecule has 1 nitrogen and oxygen atoms in total. The van der Waals surface area contributed by atoms with E-state index < -0.39 is 0 Å². The van der Waals surface area contributed by atoms with Crippen LogP contribution in [-0.4, -0.2) is 13.1 Å². The molecule has 4 rings (SSSR count). The van der Waals surface area contributed by atoms with Crippen molar-refractivity contribution in [1.29, 1.82) is 0 Å². The van der Waals surface area contributed by atoms with Gasteiger partial charge in [0.05, 0.1) is 0 Å². The Balaban J connectivity index is 1.80. The molecule has 12 heavy (non-hydrogen) atoms. The summed E-state index contributed by atoms with van der Waals surface area (Å²) in [5, 5.41) is 3.59. The van der Waals surface area contributed by atoms with Crippen LogP contribution >= 0.6 is 0 Å². The van der Waals surface area contributed by atoms with Crippen molar-refractivity contribution in [2.24, 2.45) is 29.1 Å². The molecule has 4 atom stereocenters. The van der Waals surface area contributed by atoms with Gasteiger partial charge >= 0.3 is 0 Å². The van der Waals surface area contributed by atoms with Crippen LogP contribution in [0.25, 0.3) is 0 Å². The van der Waals surface area contributed by atoms with Crippen molar-refractivity contribution in [2.45, 2.75) is 25.7 Å². The molecule has 4 aliphatic rings. The molecule has 1 heterocycles. The second-order valence-electron chi connectivity index (χ2n) is 5.51. The second kappa shape index (κ2) is 1.75. The lowest BCUT2D eigenvalue weighted by atomic mass is 9.82. The van der Waals surface area contributed by atoms with Crippen LogP contribution in [-0.2, 0) is 0 Å². The molecule has 0 aromatic heterocycles. The fourth-order valence-electron chi connectivity index (χ4n) is 4.98. The van der Waals surface area contributed by atoms with E-state index in [0.717, 1.165) is 29.1 Å². The van der Waals surface area contributed by atoms with Crippen LogP contribution in [0.2, 0.25) is 0 Å². The summed E-state index contributed by atoms with van der Waals surface area (Å²) < 4.78 is 0. The average molecular weight is 163 g/mol. The second-order valence-corrected chi connectivity index (χ2v) is 5.51. The van der Waals surface area contributed by atoms with E-state index in [1.165, 1.54) is 13.1 Å². The van der Waals surface area contributed by atoms with Crippen molar-refractivity contribution >= 4 is 0 Å². The largest absolute Gasteiger partial charge is 0.316 e. The maximum Gasteiger partial charge on any atom is -0.00143 e. The molecule has 0 unspecified atom stereocenters. The highest BCUT2D eigenvalue weighted by molar-refractivity contribution is 5.18. The molecule has 1 N–H and O–H groups in total. The van der Waals surface area contributed by atoms with Crippen LogP contribution in [0.3, 0.4) is 0 Å². The van der Waals surface area contributed by atoms with Crippen molar-refractivity contribution in [3.8, 4) is 0 Å². The Hall–Kier alpha value is -0.0400. The van der Waals surface area contributed by atoms with Crippen molar-refractivity contribution in [2.75, 3.05) is 13.1 Å². The average Bonchev–Trinajstić information content (AvgIpc) is 2.51. The molecule has 2 bridgehead atoms. The molecule has 3 saturated carbocycles. The minimum Gasteiger partial charge on any atom is -0.316 e. The fraction of sp³-hybridized carbons (Fsp3) is 1.00. The fourth-order valence-corrected chi connectivity index (χ4v) is 4.98. The van der Waals surface area contributed by atoms with Gasteiger partial charge in [-0.2, -0.15) is 0 Å². The van der Waals surface area contributed by atoms with Gasteiger partial charge in [0.25, 0.3) is 0 Å². The van der Waals surface area contributed by atoms with Crippen LogP contribution in [0.5, 0.6) is 0 Å². The summed E-state index contributed by atoms with van der Waals surface area (Å²) in [6.45, 7) is 2.71. The Morgan fingerprint density at radius 3 is 2.00 bits per heavy atom. The monoisotopic (exact) mass is 163 g/mol. The molecule has 1 heteroatoms. The SMILES string of the molecule is C1NC[C@H]2[C@@H]1[C@H]1CC[C@@H]2C12CC2. The molecular weight excluding hydrogens is 146 g/mol. The number of fused-ring (bicyclic) bond motifs is 3. The first-order chi connectivity index (χ1) is 5.92. The van der Waals surface area contributed by atoms with Gasteiger partial charge < -0.3 is 5.32 Å². The van der Waals surface area contributed by atoms with Gasteiger partial charge in [0.15, 0.2) is 0 Å². The predicted octanol–water partition coefficient (Wildman–Crippen LogP) is 1.64. The molecular formula is C11H17N. The molecule has 1 spiro atoms. The van der Waals surface area contributed by atoms with Crippen LogP contribution in [0, 0.1) is 29.1 Å². The van der Waals surface area contributed by atoms with E-state index in [2.05, 4.69) is 5.32 Å². The van der Waals surface area contributed by atoms with E-state index >= 15 is 0 Å². The van der Waals surface area contributed by atoms with Gasteiger partial charge in [-0.25, -0.2) is 0 Å². The number of hydrogen-bond donors (Lipinski definition) is 1. The summed E-state index contributed by atoms with van der Waals surface area (Å²) in [6.07, 6.45) is 6.34. The van der Waals surface area contributed by atoms with Crippen LogP contribution < -0.4 is 5.32 Å². The van der Waals surface area contributed by atoms with Gasteiger partial charge in [-0.1, -0.05) is 0 Å². The Morgan fingerprint density at radius 2 is 1.50 bits per heavy atom. The van der Waals surface area contributed by atoms with Gasteiger partial charge in [-0.05, 0) is 67.9 Å². The molecule has 66 valence electrons. The van der Waals surface area contributed by atoms with Crippen LogP contribution in [0.4, 0.5) is 0 Å². The van der Waals surface area contributed by atoms with Crippen LogP contribution in [0.15, 0.2) is 0 Å². The lowest BCUT2D eigenvalue weighted by Gasteiger charge is -2.22. The highest BCUT2D eigenvalue weighted by Gasteiger charge is 2.68. The first-order valence-electron chi connectivity index (χ1n) is 5.62. The number of hydrogen-bond acceptors (Lipinski definition) is 1. The highest BCUT2D eigenvalue weighted by atomic mass is 15.0. The smallest absolute Gasteiger partial charge is 0.00143 e. The summed E-state index contributed by atoms with van der Waals surface area (Å²) >= 11 is 0. The van der Waals surface area contributed by atoms with E-state index in [1.807, 2.05) is 0 Å². The normalized spacial score (nSPS) is 58.0. The number of rotatable bonds is 0. The Kier molecular flexibility index (Phi) is 0.934. The van der Waals surface area contributed by atoms with E-state index in [9.17, 15) is 0 Å². The van der Waals surface area contributed by atoms with E-state index in [1.54, 1.807) is 25.7 Å². The molecule has 3 aliphatic carbocycles. The zero-order valence-electron chi connectivity index (χ0n) is 7.55. The van der Waals surface area contributed by atoms with Crippen LogP contribution in [0.1, 0.15) is 25.7 Å². The zero-order valence-corrected chi connectivity index (χ0v) is 7.55. The van der Waals surface area contributed by atoms with Crippen molar-refractivity contribution < 1.29 is 0 Å². The van der Waals surface area contributed by atoms with Crippen molar-refractivity contribution in [3.63, 3.8) is 0 Å². The third kappa shape index (κ3) is 0.501. The summed E-state index contributed by atoms with van der Waals surface area (Å²) in [4.78, 5) is 0. The predicted molar refractivity (Wildman–Crippen MR) is 47.7 cm³/mol. The van der Waals surface area contributed by atoms with Gasteiger partial charge in [0.2, 0.25) is 0 Å². The lowest BCUT2D eigenvalue weighted by molar-refractivity contribution is 0.281. The third-order valence-corrected chi connectivity index (χ3v) is 5.44. The summed E-state index contributed by atoms with van der Waals surface area (Å²) in [5.74, 6) is 4.52. The molecule has 1 aliphatic heterocycles. The Labute approximate surface area is 73.9 Å². The minimum atomic E-state index is 0.928. The molecule has 4 fully saturated rings. The Bertz CT molecular complexity index is 211. The maximum atomic E-state index is 3.59. The highest BCUT2D eigenvalue weighted by Crippen LogP contribution is 2.74. The summed E-state index contributed by atoms with van der Waals surface area (Å²) in [5.41, 5.74) is 0.928. The molecule has 0 aromatic carbocycles. The standard InChI is InChI=1S/C11H17N/c1-2-10-8-6-12-5-7(8)9(1)11(10)3-4-11/h7-10,12H,1-6H2/t7-,8+,9-,10+. The van der Waals surface area contributed by atoms with Crippen molar-refractivity contribution in [3.05, 3.63) is 0 Å². The number of nitrogens with one attached hydrogen (secondary N) is 1. The van der Waals surface area contributed by atoms with E-state index in [-0.39, 0.29) is 0 Å². The molecule has 0 radical (unpaired) electrons. The molecule has 0 amide bonds. The lowest BCUT2D eigenvalue weighted by Crippen LogP contribution is -2.19. The topological polar surface area (TPSA) is 12.0 Å². The first kappa shape index (κ1) is 6.42. The third-order valence-electron chi connectivity index (χ3n) is 5.44. The van der Waals surface area contributed by atoms with E-state index in [0.29, 0.717) is 0 Å². The van der Waals surface area contributed by atoms with Crippen molar-refractivity contribution in [1.82, 2.24) is 5.32 Å². The minimum absolute atomic E-state index is 0.928.